The number of nitrogens with one attached hydrogen (secondary N) is 2. The second kappa shape index (κ2) is 7.32. The van der Waals surface area contributed by atoms with Crippen molar-refractivity contribution >= 4 is 17.5 Å². The lowest BCUT2D eigenvalue weighted by Crippen LogP contribution is -2.35. The summed E-state index contributed by atoms with van der Waals surface area (Å²) in [6.07, 6.45) is 3.43. The van der Waals surface area contributed by atoms with Gasteiger partial charge >= 0.3 is 11.8 Å². The molecular weight excluding hydrogens is 324 g/mol. The summed E-state index contributed by atoms with van der Waals surface area (Å²) < 4.78 is 0. The van der Waals surface area contributed by atoms with Gasteiger partial charge in [-0.1, -0.05) is 57.2 Å². The van der Waals surface area contributed by atoms with Crippen LogP contribution in [0.2, 0.25) is 0 Å². The van der Waals surface area contributed by atoms with Crippen LogP contribution in [0.4, 0.5) is 5.69 Å². The first-order chi connectivity index (χ1) is 12.3. The Morgan fingerprint density at radius 2 is 1.69 bits per heavy atom. The third-order valence-corrected chi connectivity index (χ3v) is 4.81. The summed E-state index contributed by atoms with van der Waals surface area (Å²) >= 11 is 0. The van der Waals surface area contributed by atoms with Crippen molar-refractivity contribution in [1.29, 1.82) is 0 Å². The fourth-order valence-electron chi connectivity index (χ4n) is 3.42. The van der Waals surface area contributed by atoms with E-state index in [0.717, 1.165) is 24.0 Å². The minimum atomic E-state index is -0.636. The second-order valence-corrected chi connectivity index (χ2v) is 7.89. The van der Waals surface area contributed by atoms with E-state index >= 15 is 0 Å². The van der Waals surface area contributed by atoms with Gasteiger partial charge in [0.2, 0.25) is 0 Å². The Hall–Kier alpha value is -2.62. The first-order valence-electron chi connectivity index (χ1n) is 9.14. The normalized spacial score (nSPS) is 13.2. The number of anilines is 1. The molecule has 4 heteroatoms. The minimum Gasteiger partial charge on any atom is -0.344 e. The molecule has 136 valence electrons. The predicted octanol–water partition coefficient (Wildman–Crippen LogP) is 3.73. The lowest BCUT2D eigenvalue weighted by molar-refractivity contribution is -0.136. The zero-order valence-electron chi connectivity index (χ0n) is 15.7. The number of amides is 2. The van der Waals surface area contributed by atoms with E-state index in [1.54, 1.807) is 0 Å². The fourth-order valence-corrected chi connectivity index (χ4v) is 3.42. The molecule has 0 spiro atoms. The van der Waals surface area contributed by atoms with Crippen LogP contribution in [-0.4, -0.2) is 11.8 Å². The first kappa shape index (κ1) is 18.2. The Kier molecular flexibility index (Phi) is 5.12. The number of rotatable bonds is 3. The predicted molar refractivity (Wildman–Crippen MR) is 104 cm³/mol. The van der Waals surface area contributed by atoms with Crippen LogP contribution >= 0.6 is 0 Å². The molecule has 2 N–H and O–H groups in total. The number of hydrogen-bond acceptors (Lipinski definition) is 2. The number of aryl methyl sites for hydroxylation is 2. The molecule has 0 fully saturated rings. The van der Waals surface area contributed by atoms with E-state index in [9.17, 15) is 9.59 Å². The second-order valence-electron chi connectivity index (χ2n) is 7.89. The van der Waals surface area contributed by atoms with Crippen LogP contribution in [0, 0.1) is 0 Å². The smallest absolute Gasteiger partial charge is 0.313 e. The van der Waals surface area contributed by atoms with Crippen LogP contribution in [0.15, 0.2) is 42.5 Å². The van der Waals surface area contributed by atoms with E-state index in [1.165, 1.54) is 17.5 Å². The van der Waals surface area contributed by atoms with E-state index in [1.807, 2.05) is 30.3 Å². The summed E-state index contributed by atoms with van der Waals surface area (Å²) in [5.41, 5.74) is 5.35. The molecule has 0 saturated carbocycles. The summed E-state index contributed by atoms with van der Waals surface area (Å²) in [6.45, 7) is 6.59. The highest BCUT2D eigenvalue weighted by molar-refractivity contribution is 6.39. The van der Waals surface area contributed by atoms with Crippen LogP contribution in [0.3, 0.4) is 0 Å². The van der Waals surface area contributed by atoms with E-state index < -0.39 is 11.8 Å². The van der Waals surface area contributed by atoms with Crippen molar-refractivity contribution in [3.8, 4) is 0 Å². The van der Waals surface area contributed by atoms with Crippen LogP contribution in [-0.2, 0) is 34.4 Å². The molecule has 0 radical (unpaired) electrons. The Bertz CT molecular complexity index is 834. The van der Waals surface area contributed by atoms with Gasteiger partial charge in [-0.2, -0.15) is 0 Å². The summed E-state index contributed by atoms with van der Waals surface area (Å²) in [7, 11) is 0. The molecule has 2 amide bonds. The molecule has 0 atom stereocenters. The van der Waals surface area contributed by atoms with Crippen molar-refractivity contribution in [1.82, 2.24) is 5.32 Å². The number of fused-ring (bicyclic) bond motifs is 1. The lowest BCUT2D eigenvalue weighted by Gasteiger charge is -2.22. The van der Waals surface area contributed by atoms with Crippen molar-refractivity contribution in [2.45, 2.75) is 52.0 Å². The number of hydrogen-bond donors (Lipinski definition) is 2. The average molecular weight is 350 g/mol. The number of para-hydroxylation sites is 1. The van der Waals surface area contributed by atoms with Gasteiger partial charge in [0, 0.05) is 12.2 Å². The van der Waals surface area contributed by atoms with Gasteiger partial charge in [-0.05, 0) is 53.0 Å². The maximum absolute atomic E-state index is 12.3. The van der Waals surface area contributed by atoms with Gasteiger partial charge < -0.3 is 10.6 Å². The van der Waals surface area contributed by atoms with Crippen LogP contribution in [0.5, 0.6) is 0 Å². The van der Waals surface area contributed by atoms with Crippen LogP contribution < -0.4 is 10.6 Å². The van der Waals surface area contributed by atoms with Crippen molar-refractivity contribution < 1.29 is 9.59 Å². The van der Waals surface area contributed by atoms with Gasteiger partial charge in [0.05, 0.1) is 0 Å². The van der Waals surface area contributed by atoms with Crippen molar-refractivity contribution in [2.24, 2.45) is 0 Å². The molecule has 3 rings (SSSR count). The topological polar surface area (TPSA) is 58.2 Å². The molecule has 2 aromatic carbocycles. The zero-order valence-corrected chi connectivity index (χ0v) is 15.7. The van der Waals surface area contributed by atoms with Gasteiger partial charge in [-0.25, -0.2) is 0 Å². The molecule has 0 bridgehead atoms. The molecule has 4 nitrogen and oxygen atoms in total. The summed E-state index contributed by atoms with van der Waals surface area (Å²) in [6, 6.07) is 13.9. The fraction of sp³-hybridized carbons (Fsp3) is 0.364. The molecule has 0 unspecified atom stereocenters. The average Bonchev–Trinajstić information content (AvgIpc) is 3.06. The molecular formula is C22H26N2O2. The van der Waals surface area contributed by atoms with E-state index in [4.69, 9.17) is 0 Å². The zero-order chi connectivity index (χ0) is 18.7. The molecule has 0 saturated heterocycles. The number of carbonyl (C=O) groups is 2. The number of carbonyl (C=O) groups excluding carboxylic acids is 2. The van der Waals surface area contributed by atoms with Gasteiger partial charge in [0.1, 0.15) is 0 Å². The summed E-state index contributed by atoms with van der Waals surface area (Å²) in [4.78, 5) is 24.5. The molecule has 0 aromatic heterocycles. The Balaban J connectivity index is 1.61. The van der Waals surface area contributed by atoms with Crippen molar-refractivity contribution in [2.75, 3.05) is 5.32 Å². The Labute approximate surface area is 155 Å². The van der Waals surface area contributed by atoms with Crippen molar-refractivity contribution in [3.05, 3.63) is 64.7 Å². The van der Waals surface area contributed by atoms with E-state index in [2.05, 4.69) is 43.5 Å². The molecule has 2 aromatic rings. The first-order valence-corrected chi connectivity index (χ1v) is 9.14. The highest BCUT2D eigenvalue weighted by Crippen LogP contribution is 2.29. The van der Waals surface area contributed by atoms with Gasteiger partial charge in [-0.15, -0.1) is 0 Å². The van der Waals surface area contributed by atoms with Crippen molar-refractivity contribution in [3.63, 3.8) is 0 Å². The van der Waals surface area contributed by atoms with Gasteiger partial charge in [-0.3, -0.25) is 9.59 Å². The Morgan fingerprint density at radius 3 is 2.46 bits per heavy atom. The largest absolute Gasteiger partial charge is 0.344 e. The quantitative estimate of drug-likeness (QED) is 0.829. The maximum Gasteiger partial charge on any atom is 0.313 e. The molecule has 1 aliphatic carbocycles. The standard InChI is InChI=1S/C22H26N2O2/c1-22(2,3)18-9-4-5-10-19(18)24-21(26)20(25)23-14-15-11-12-16-7-6-8-17(16)13-15/h4-5,9-13H,6-8,14H2,1-3H3,(H,23,25)(H,24,26). The maximum atomic E-state index is 12.3. The van der Waals surface area contributed by atoms with E-state index in [0.29, 0.717) is 12.2 Å². The SMILES string of the molecule is CC(C)(C)c1ccccc1NC(=O)C(=O)NCc1ccc2c(c1)CCC2. The van der Waals surface area contributed by atoms with Gasteiger partial charge in [0.25, 0.3) is 0 Å². The third kappa shape index (κ3) is 4.13. The molecule has 0 heterocycles. The Morgan fingerprint density at radius 1 is 0.962 bits per heavy atom. The lowest BCUT2D eigenvalue weighted by atomic mass is 9.86. The number of benzene rings is 2. The monoisotopic (exact) mass is 350 g/mol. The highest BCUT2D eigenvalue weighted by Gasteiger charge is 2.21. The summed E-state index contributed by atoms with van der Waals surface area (Å²) in [5, 5.41) is 5.46. The third-order valence-electron chi connectivity index (χ3n) is 4.81. The minimum absolute atomic E-state index is 0.120. The molecule has 1 aliphatic rings. The summed E-state index contributed by atoms with van der Waals surface area (Å²) in [5.74, 6) is -1.25. The van der Waals surface area contributed by atoms with Crippen LogP contribution in [0.1, 0.15) is 49.4 Å². The van der Waals surface area contributed by atoms with Gasteiger partial charge in [0.15, 0.2) is 0 Å². The molecule has 26 heavy (non-hydrogen) atoms. The van der Waals surface area contributed by atoms with Crippen LogP contribution in [0.25, 0.3) is 0 Å². The van der Waals surface area contributed by atoms with E-state index in [-0.39, 0.29) is 5.41 Å². The molecule has 0 aliphatic heterocycles. The highest BCUT2D eigenvalue weighted by atomic mass is 16.2.